The molecule has 0 unspecified atom stereocenters. The fraction of sp³-hybridized carbons (Fsp3) is 0.120. The molecule has 1 aliphatic rings. The van der Waals surface area contributed by atoms with Gasteiger partial charge in [0.15, 0.2) is 11.5 Å². The maximum Gasteiger partial charge on any atom is 0.307 e. The first-order valence-electron chi connectivity index (χ1n) is 10.3. The summed E-state index contributed by atoms with van der Waals surface area (Å²) in [7, 11) is 0. The number of hydrogen-bond donors (Lipinski definition) is 1. The highest BCUT2D eigenvalue weighted by Gasteiger charge is 2.23. The zero-order valence-electron chi connectivity index (χ0n) is 17.4. The Morgan fingerprint density at radius 3 is 2.45 bits per heavy atom. The van der Waals surface area contributed by atoms with E-state index in [2.05, 4.69) is 0 Å². The molecule has 8 nitrogen and oxygen atoms in total. The third kappa shape index (κ3) is 3.82. The molecule has 164 valence electrons. The van der Waals surface area contributed by atoms with E-state index in [1.165, 1.54) is 12.1 Å². The molecule has 0 spiro atoms. The maximum atomic E-state index is 11.9. The Morgan fingerprint density at radius 1 is 0.970 bits per heavy atom. The number of aromatic nitrogens is 1. The number of carbonyl (C=O) groups is 1. The summed E-state index contributed by atoms with van der Waals surface area (Å²) in [5.41, 5.74) is 3.42. The molecule has 0 amide bonds. The average molecular weight is 442 g/mol. The van der Waals surface area contributed by atoms with E-state index in [0.29, 0.717) is 58.0 Å². The van der Waals surface area contributed by atoms with Crippen molar-refractivity contribution in [3.63, 3.8) is 0 Å². The molecule has 0 bridgehead atoms. The van der Waals surface area contributed by atoms with E-state index >= 15 is 0 Å². The van der Waals surface area contributed by atoms with E-state index in [1.807, 2.05) is 36.4 Å². The molecule has 1 aromatic heterocycles. The Morgan fingerprint density at radius 2 is 1.73 bits per heavy atom. The van der Waals surface area contributed by atoms with Gasteiger partial charge in [-0.15, -0.1) is 0 Å². The lowest BCUT2D eigenvalue weighted by molar-refractivity contribution is -0.384. The number of nitro benzene ring substituents is 1. The zero-order valence-corrected chi connectivity index (χ0v) is 17.4. The van der Waals surface area contributed by atoms with Gasteiger partial charge in [0.1, 0.15) is 13.2 Å². The predicted molar refractivity (Wildman–Crippen MR) is 122 cm³/mol. The molecule has 8 heteroatoms. The van der Waals surface area contributed by atoms with E-state index in [-0.39, 0.29) is 12.1 Å². The van der Waals surface area contributed by atoms with Gasteiger partial charge in [-0.2, -0.15) is 0 Å². The minimum absolute atomic E-state index is 0.0881. The van der Waals surface area contributed by atoms with Crippen LogP contribution in [0.1, 0.15) is 5.56 Å². The molecule has 5 rings (SSSR count). The molecule has 4 aromatic rings. The molecule has 1 N–H and O–H groups in total. The molecule has 0 aliphatic carbocycles. The van der Waals surface area contributed by atoms with Gasteiger partial charge in [-0.1, -0.05) is 30.3 Å². The Bertz CT molecular complexity index is 1400. The minimum atomic E-state index is -1.03. The second-order valence-electron chi connectivity index (χ2n) is 7.57. The van der Waals surface area contributed by atoms with Gasteiger partial charge in [-0.05, 0) is 41.0 Å². The molecule has 2 heterocycles. The van der Waals surface area contributed by atoms with Crippen molar-refractivity contribution in [2.75, 3.05) is 13.2 Å². The van der Waals surface area contributed by atoms with Crippen LogP contribution < -0.4 is 9.47 Å². The highest BCUT2D eigenvalue weighted by molar-refractivity contribution is 6.01. The van der Waals surface area contributed by atoms with Gasteiger partial charge in [0.25, 0.3) is 5.69 Å². The quantitative estimate of drug-likeness (QED) is 0.346. The number of pyridine rings is 1. The molecule has 3 aromatic carbocycles. The monoisotopic (exact) mass is 442 g/mol. The van der Waals surface area contributed by atoms with Crippen molar-refractivity contribution in [3.8, 4) is 33.9 Å². The highest BCUT2D eigenvalue weighted by atomic mass is 16.6. The van der Waals surface area contributed by atoms with Crippen molar-refractivity contribution in [1.82, 2.24) is 4.98 Å². The maximum absolute atomic E-state index is 11.9. The van der Waals surface area contributed by atoms with Crippen LogP contribution in [-0.2, 0) is 11.2 Å². The molecule has 1 aliphatic heterocycles. The third-order valence-corrected chi connectivity index (χ3v) is 5.49. The van der Waals surface area contributed by atoms with Gasteiger partial charge in [0, 0.05) is 23.1 Å². The van der Waals surface area contributed by atoms with E-state index in [0.717, 1.165) is 5.56 Å². The van der Waals surface area contributed by atoms with E-state index in [4.69, 9.17) is 14.5 Å². The molecule has 0 fully saturated rings. The van der Waals surface area contributed by atoms with E-state index < -0.39 is 10.9 Å². The second kappa shape index (κ2) is 8.23. The number of nitro groups is 1. The molecule has 0 atom stereocenters. The van der Waals surface area contributed by atoms with Crippen LogP contribution in [0.5, 0.6) is 11.5 Å². The SMILES string of the molecule is O=C(O)Cc1c(-c2ccc3c(c2)OCCO3)nc2ccc([N+](=O)[O-])cc2c1-c1ccccc1. The van der Waals surface area contributed by atoms with Gasteiger partial charge >= 0.3 is 5.97 Å². The van der Waals surface area contributed by atoms with Crippen LogP contribution in [-0.4, -0.2) is 34.2 Å². The van der Waals surface area contributed by atoms with Crippen LogP contribution in [0.25, 0.3) is 33.3 Å². The lowest BCUT2D eigenvalue weighted by atomic mass is 9.90. The van der Waals surface area contributed by atoms with E-state index in [9.17, 15) is 20.0 Å². The Balaban J connectivity index is 1.85. The molecular weight excluding hydrogens is 424 g/mol. The summed E-state index contributed by atoms with van der Waals surface area (Å²) in [6.07, 6.45) is -0.306. The average Bonchev–Trinajstić information content (AvgIpc) is 2.83. The van der Waals surface area contributed by atoms with Crippen LogP contribution in [0.4, 0.5) is 5.69 Å². The summed E-state index contributed by atoms with van der Waals surface area (Å²) in [6.45, 7) is 0.879. The first kappa shape index (κ1) is 20.4. The fourth-order valence-electron chi connectivity index (χ4n) is 4.09. The summed E-state index contributed by atoms with van der Waals surface area (Å²) in [5, 5.41) is 21.7. The summed E-state index contributed by atoms with van der Waals surface area (Å²) < 4.78 is 11.3. The van der Waals surface area contributed by atoms with Crippen LogP contribution in [0, 0.1) is 10.1 Å². The lowest BCUT2D eigenvalue weighted by Crippen LogP contribution is -2.15. The molecule has 0 radical (unpaired) electrons. The first-order chi connectivity index (χ1) is 16.0. The summed E-state index contributed by atoms with van der Waals surface area (Å²) in [6, 6.07) is 19.1. The second-order valence-corrected chi connectivity index (χ2v) is 7.57. The van der Waals surface area contributed by atoms with Gasteiger partial charge in [-0.25, -0.2) is 4.98 Å². The van der Waals surface area contributed by atoms with Crippen molar-refractivity contribution in [1.29, 1.82) is 0 Å². The van der Waals surface area contributed by atoms with Gasteiger partial charge in [0.2, 0.25) is 0 Å². The van der Waals surface area contributed by atoms with Crippen molar-refractivity contribution in [2.24, 2.45) is 0 Å². The number of aliphatic carboxylic acids is 1. The molecular formula is C25H18N2O6. The highest BCUT2D eigenvalue weighted by Crippen LogP contribution is 2.41. The predicted octanol–water partition coefficient (Wildman–Crippen LogP) is 4.88. The number of non-ortho nitro benzene ring substituents is 1. The van der Waals surface area contributed by atoms with Crippen molar-refractivity contribution in [3.05, 3.63) is 82.4 Å². The van der Waals surface area contributed by atoms with Crippen LogP contribution in [0.2, 0.25) is 0 Å². The number of hydrogen-bond acceptors (Lipinski definition) is 6. The zero-order chi connectivity index (χ0) is 22.9. The van der Waals surface area contributed by atoms with Gasteiger partial charge in [0.05, 0.1) is 22.6 Å². The van der Waals surface area contributed by atoms with Crippen molar-refractivity contribution in [2.45, 2.75) is 6.42 Å². The van der Waals surface area contributed by atoms with Gasteiger partial charge in [-0.3, -0.25) is 14.9 Å². The lowest BCUT2D eigenvalue weighted by Gasteiger charge is -2.20. The van der Waals surface area contributed by atoms with Crippen molar-refractivity contribution >= 4 is 22.6 Å². The van der Waals surface area contributed by atoms with Crippen molar-refractivity contribution < 1.29 is 24.3 Å². The number of rotatable bonds is 5. The first-order valence-corrected chi connectivity index (χ1v) is 10.3. The smallest absolute Gasteiger partial charge is 0.307 e. The summed E-state index contributed by atoms with van der Waals surface area (Å²) in [5.74, 6) is 0.147. The van der Waals surface area contributed by atoms with Gasteiger partial charge < -0.3 is 14.6 Å². The number of ether oxygens (including phenoxy) is 2. The summed E-state index contributed by atoms with van der Waals surface area (Å²) >= 11 is 0. The van der Waals surface area contributed by atoms with Crippen LogP contribution in [0.15, 0.2) is 66.7 Å². The Kier molecular flexibility index (Phi) is 5.10. The molecule has 0 saturated heterocycles. The van der Waals surface area contributed by atoms with Crippen LogP contribution in [0.3, 0.4) is 0 Å². The Hall–Kier alpha value is -4.46. The number of carboxylic acids is 1. The molecule has 33 heavy (non-hydrogen) atoms. The topological polar surface area (TPSA) is 112 Å². The fourth-order valence-corrected chi connectivity index (χ4v) is 4.09. The number of carboxylic acid groups (broad SMARTS) is 1. The Labute approximate surface area is 188 Å². The molecule has 0 saturated carbocycles. The minimum Gasteiger partial charge on any atom is -0.486 e. The number of fused-ring (bicyclic) bond motifs is 2. The third-order valence-electron chi connectivity index (χ3n) is 5.49. The van der Waals surface area contributed by atoms with Crippen LogP contribution >= 0.6 is 0 Å². The normalized spacial score (nSPS) is 12.5. The standard InChI is InChI=1S/C25H18N2O6/c28-23(29)14-19-24(15-4-2-1-3-5-15)18-13-17(27(30)31)7-8-20(18)26-25(19)16-6-9-21-22(12-16)33-11-10-32-21/h1-9,12-13H,10-11,14H2,(H,28,29). The van der Waals surface area contributed by atoms with E-state index in [1.54, 1.807) is 18.2 Å². The summed E-state index contributed by atoms with van der Waals surface area (Å²) in [4.78, 5) is 27.6. The largest absolute Gasteiger partial charge is 0.486 e. The number of nitrogens with zero attached hydrogens (tertiary/aromatic N) is 2. The number of benzene rings is 3.